The molecule has 1 unspecified atom stereocenters. The van der Waals surface area contributed by atoms with Gasteiger partial charge in [0, 0.05) is 6.42 Å². The molecule has 0 aromatic carbocycles. The van der Waals surface area contributed by atoms with Gasteiger partial charge in [0.15, 0.2) is 0 Å². The average molecular weight is 180 g/mol. The zero-order valence-electron chi connectivity index (χ0n) is 8.23. The smallest absolute Gasteiger partial charge is 0.273 e. The quantitative estimate of drug-likeness (QED) is 0.631. The van der Waals surface area contributed by atoms with Crippen molar-refractivity contribution >= 4 is 0 Å². The second-order valence-corrected chi connectivity index (χ2v) is 3.20. The fourth-order valence-corrected chi connectivity index (χ4v) is 1.05. The first-order valence-electron chi connectivity index (χ1n) is 4.47. The summed E-state index contributed by atoms with van der Waals surface area (Å²) in [6, 6.07) is 0. The first kappa shape index (κ1) is 11.8. The van der Waals surface area contributed by atoms with Crippen LogP contribution in [0.2, 0.25) is 0 Å². The van der Waals surface area contributed by atoms with E-state index in [2.05, 4.69) is 0 Å². The zero-order chi connectivity index (χ0) is 9.78. The van der Waals surface area contributed by atoms with E-state index in [1.165, 1.54) is 6.92 Å². The van der Waals surface area contributed by atoms with Gasteiger partial charge in [-0.1, -0.05) is 13.8 Å². The molecular formula is C9H18F2O. The summed E-state index contributed by atoms with van der Waals surface area (Å²) in [6.07, 6.45) is -0.855. The summed E-state index contributed by atoms with van der Waals surface area (Å²) < 4.78 is 31.2. The molecule has 1 atom stereocenters. The lowest BCUT2D eigenvalue weighted by Gasteiger charge is -2.26. The number of alkyl halides is 2. The third-order valence-electron chi connectivity index (χ3n) is 1.75. The SMILES string of the molecule is CCC(OC(C)C)C(F)(F)CC. The molecule has 0 aliphatic heterocycles. The van der Waals surface area contributed by atoms with Crippen LogP contribution in [0.4, 0.5) is 8.78 Å². The largest absolute Gasteiger partial charge is 0.369 e. The van der Waals surface area contributed by atoms with Crippen LogP contribution in [-0.4, -0.2) is 18.1 Å². The Labute approximate surface area is 73.1 Å². The van der Waals surface area contributed by atoms with E-state index in [0.29, 0.717) is 6.42 Å². The molecule has 74 valence electrons. The fourth-order valence-electron chi connectivity index (χ4n) is 1.05. The molecule has 3 heteroatoms. The van der Waals surface area contributed by atoms with Gasteiger partial charge in [0.25, 0.3) is 5.92 Å². The van der Waals surface area contributed by atoms with Crippen LogP contribution in [0.5, 0.6) is 0 Å². The van der Waals surface area contributed by atoms with Gasteiger partial charge in [-0.3, -0.25) is 0 Å². The minimum atomic E-state index is -2.68. The van der Waals surface area contributed by atoms with Crippen molar-refractivity contribution in [2.75, 3.05) is 0 Å². The second kappa shape index (κ2) is 4.75. The maximum atomic E-state index is 13.1. The van der Waals surface area contributed by atoms with E-state index in [0.717, 1.165) is 0 Å². The van der Waals surface area contributed by atoms with Gasteiger partial charge in [-0.2, -0.15) is 0 Å². The van der Waals surface area contributed by atoms with E-state index in [1.807, 2.05) is 0 Å². The monoisotopic (exact) mass is 180 g/mol. The minimum absolute atomic E-state index is 0.132. The van der Waals surface area contributed by atoms with Gasteiger partial charge >= 0.3 is 0 Å². The van der Waals surface area contributed by atoms with E-state index in [1.54, 1.807) is 20.8 Å². The van der Waals surface area contributed by atoms with Gasteiger partial charge in [-0.15, -0.1) is 0 Å². The number of hydrogen-bond donors (Lipinski definition) is 0. The van der Waals surface area contributed by atoms with Crippen LogP contribution < -0.4 is 0 Å². The molecule has 0 aliphatic carbocycles. The normalized spacial score (nSPS) is 15.2. The predicted octanol–water partition coefficient (Wildman–Crippen LogP) is 3.24. The van der Waals surface area contributed by atoms with Crippen molar-refractivity contribution in [3.63, 3.8) is 0 Å². The van der Waals surface area contributed by atoms with Crippen molar-refractivity contribution in [3.8, 4) is 0 Å². The molecule has 0 spiro atoms. The van der Waals surface area contributed by atoms with Crippen molar-refractivity contribution in [1.29, 1.82) is 0 Å². The molecule has 0 amide bonds. The lowest BCUT2D eigenvalue weighted by Crippen LogP contribution is -2.36. The van der Waals surface area contributed by atoms with Crippen LogP contribution in [-0.2, 0) is 4.74 Å². The van der Waals surface area contributed by atoms with Gasteiger partial charge < -0.3 is 4.74 Å². The third-order valence-corrected chi connectivity index (χ3v) is 1.75. The molecule has 0 bridgehead atoms. The molecule has 0 N–H and O–H groups in total. The summed E-state index contributed by atoms with van der Waals surface area (Å²) in [5.41, 5.74) is 0. The van der Waals surface area contributed by atoms with Crippen molar-refractivity contribution in [1.82, 2.24) is 0 Å². The number of ether oxygens (including phenoxy) is 1. The minimum Gasteiger partial charge on any atom is -0.369 e. The van der Waals surface area contributed by atoms with E-state index in [4.69, 9.17) is 4.74 Å². The Balaban J connectivity index is 4.13. The van der Waals surface area contributed by atoms with Crippen LogP contribution in [0.15, 0.2) is 0 Å². The highest BCUT2D eigenvalue weighted by molar-refractivity contribution is 4.75. The topological polar surface area (TPSA) is 9.23 Å². The first-order valence-corrected chi connectivity index (χ1v) is 4.47. The summed E-state index contributed by atoms with van der Waals surface area (Å²) in [5, 5.41) is 0. The molecule has 0 saturated carbocycles. The molecule has 1 nitrogen and oxygen atoms in total. The van der Waals surface area contributed by atoms with Gasteiger partial charge in [-0.25, -0.2) is 8.78 Å². The highest BCUT2D eigenvalue weighted by Crippen LogP contribution is 2.27. The summed E-state index contributed by atoms with van der Waals surface area (Å²) in [4.78, 5) is 0. The Morgan fingerprint density at radius 2 is 1.75 bits per heavy atom. The summed E-state index contributed by atoms with van der Waals surface area (Å²) in [7, 11) is 0. The molecule has 0 fully saturated rings. The summed E-state index contributed by atoms with van der Waals surface area (Å²) in [6.45, 7) is 6.74. The molecule has 0 aliphatic rings. The van der Waals surface area contributed by atoms with Gasteiger partial charge in [0.2, 0.25) is 0 Å². The van der Waals surface area contributed by atoms with E-state index in [9.17, 15) is 8.78 Å². The van der Waals surface area contributed by atoms with Crippen molar-refractivity contribution in [2.24, 2.45) is 0 Å². The molecule has 0 saturated heterocycles. The number of hydrogen-bond acceptors (Lipinski definition) is 1. The molecule has 0 rings (SSSR count). The predicted molar refractivity (Wildman–Crippen MR) is 45.5 cm³/mol. The third kappa shape index (κ3) is 3.48. The molecular weight excluding hydrogens is 162 g/mol. The number of rotatable bonds is 5. The molecule has 0 aromatic heterocycles. The fraction of sp³-hybridized carbons (Fsp3) is 1.00. The van der Waals surface area contributed by atoms with Gasteiger partial charge in [-0.05, 0) is 20.3 Å². The Bertz CT molecular complexity index is 124. The van der Waals surface area contributed by atoms with Crippen molar-refractivity contribution in [2.45, 2.75) is 58.7 Å². The molecule has 12 heavy (non-hydrogen) atoms. The standard InChI is InChI=1S/C9H18F2O/c1-5-8(12-7(3)4)9(10,11)6-2/h7-8H,5-6H2,1-4H3. The van der Waals surface area contributed by atoms with Crippen LogP contribution in [0.3, 0.4) is 0 Å². The van der Waals surface area contributed by atoms with Crippen LogP contribution in [0.25, 0.3) is 0 Å². The first-order chi connectivity index (χ1) is 5.44. The van der Waals surface area contributed by atoms with E-state index < -0.39 is 12.0 Å². The summed E-state index contributed by atoms with van der Waals surface area (Å²) >= 11 is 0. The summed E-state index contributed by atoms with van der Waals surface area (Å²) in [5.74, 6) is -2.68. The second-order valence-electron chi connectivity index (χ2n) is 3.20. The maximum Gasteiger partial charge on any atom is 0.273 e. The van der Waals surface area contributed by atoms with Crippen LogP contribution in [0, 0.1) is 0 Å². The zero-order valence-corrected chi connectivity index (χ0v) is 8.23. The lowest BCUT2D eigenvalue weighted by molar-refractivity contribution is -0.155. The molecule has 0 radical (unpaired) electrons. The maximum absolute atomic E-state index is 13.1. The van der Waals surface area contributed by atoms with Gasteiger partial charge in [0.1, 0.15) is 6.10 Å². The highest BCUT2D eigenvalue weighted by atomic mass is 19.3. The molecule has 0 heterocycles. The van der Waals surface area contributed by atoms with Crippen molar-refractivity contribution in [3.05, 3.63) is 0 Å². The Kier molecular flexibility index (Phi) is 4.68. The Hall–Kier alpha value is -0.180. The van der Waals surface area contributed by atoms with Crippen LogP contribution in [0.1, 0.15) is 40.5 Å². The van der Waals surface area contributed by atoms with E-state index in [-0.39, 0.29) is 12.5 Å². The van der Waals surface area contributed by atoms with Crippen molar-refractivity contribution < 1.29 is 13.5 Å². The Morgan fingerprint density at radius 1 is 1.25 bits per heavy atom. The average Bonchev–Trinajstić information content (AvgIpc) is 1.99. The molecule has 0 aromatic rings. The highest BCUT2D eigenvalue weighted by Gasteiger charge is 2.37. The lowest BCUT2D eigenvalue weighted by atomic mass is 10.1. The number of halogens is 2. The van der Waals surface area contributed by atoms with E-state index >= 15 is 0 Å². The van der Waals surface area contributed by atoms with Gasteiger partial charge in [0.05, 0.1) is 6.10 Å². The Morgan fingerprint density at radius 3 is 2.00 bits per heavy atom. The van der Waals surface area contributed by atoms with Crippen LogP contribution >= 0.6 is 0 Å².